The van der Waals surface area contributed by atoms with E-state index in [0.717, 1.165) is 31.7 Å². The molecule has 1 aliphatic carbocycles. The molecular weight excluding hydrogens is 297 g/mol. The molecule has 0 bridgehead atoms. The number of nitrogens with two attached hydrogens (primary N) is 1. The number of benzene rings is 1. The first kappa shape index (κ1) is 16.6. The van der Waals surface area contributed by atoms with Crippen LogP contribution in [0.3, 0.4) is 0 Å². The van der Waals surface area contributed by atoms with Crippen LogP contribution >= 0.6 is 0 Å². The molecule has 2 rings (SSSR count). The average Bonchev–Trinajstić information content (AvgIpc) is 2.40. The fourth-order valence-electron chi connectivity index (χ4n) is 2.71. The Balaban J connectivity index is 1.92. The first-order chi connectivity index (χ1) is 10.3. The summed E-state index contributed by atoms with van der Waals surface area (Å²) in [4.78, 5) is 12.0. The minimum atomic E-state index is -4.75. The van der Waals surface area contributed by atoms with E-state index in [0.29, 0.717) is 0 Å². The second-order valence-electron chi connectivity index (χ2n) is 5.54. The van der Waals surface area contributed by atoms with Crippen molar-refractivity contribution in [3.8, 4) is 5.75 Å². The van der Waals surface area contributed by atoms with Gasteiger partial charge in [-0.05, 0) is 30.9 Å². The van der Waals surface area contributed by atoms with Crippen LogP contribution in [0.15, 0.2) is 24.3 Å². The molecule has 1 aliphatic rings. The number of halogens is 3. The Kier molecular flexibility index (Phi) is 5.28. The zero-order valence-electron chi connectivity index (χ0n) is 12.0. The van der Waals surface area contributed by atoms with E-state index < -0.39 is 6.36 Å². The second kappa shape index (κ2) is 7.00. The third kappa shape index (κ3) is 5.22. The molecule has 0 aromatic heterocycles. The molecule has 3 N–H and O–H groups in total. The molecule has 2 atom stereocenters. The molecule has 1 fully saturated rings. The summed E-state index contributed by atoms with van der Waals surface area (Å²) in [6.07, 6.45) is -0.516. The molecule has 0 heterocycles. The predicted molar refractivity (Wildman–Crippen MR) is 76.3 cm³/mol. The van der Waals surface area contributed by atoms with Gasteiger partial charge in [0.05, 0.1) is 0 Å². The van der Waals surface area contributed by atoms with E-state index in [9.17, 15) is 18.0 Å². The third-order valence-corrected chi connectivity index (χ3v) is 3.77. The number of amides is 1. The molecule has 1 aromatic carbocycles. The first-order valence-electron chi connectivity index (χ1n) is 7.25. The lowest BCUT2D eigenvalue weighted by Crippen LogP contribution is -2.35. The zero-order chi connectivity index (χ0) is 16.2. The van der Waals surface area contributed by atoms with Crippen LogP contribution in [0, 0.1) is 5.92 Å². The number of hydrogen-bond acceptors (Lipinski definition) is 3. The number of carbonyl (C=O) groups excluding carboxylic acids is 1. The van der Waals surface area contributed by atoms with E-state index in [1.165, 1.54) is 18.2 Å². The monoisotopic (exact) mass is 316 g/mol. The third-order valence-electron chi connectivity index (χ3n) is 3.77. The Hall–Kier alpha value is -1.76. The molecule has 7 heteroatoms. The molecule has 1 saturated carbocycles. The van der Waals surface area contributed by atoms with Crippen molar-refractivity contribution in [2.45, 2.75) is 44.5 Å². The molecule has 122 valence electrons. The first-order valence-corrected chi connectivity index (χ1v) is 7.25. The molecule has 0 aliphatic heterocycles. The number of hydrogen-bond donors (Lipinski definition) is 2. The summed E-state index contributed by atoms with van der Waals surface area (Å²) in [6, 6.07) is 5.25. The van der Waals surface area contributed by atoms with Crippen LogP contribution in [0.2, 0.25) is 0 Å². The van der Waals surface area contributed by atoms with Crippen LogP contribution in [0.4, 0.5) is 18.9 Å². The molecule has 2 unspecified atom stereocenters. The Labute approximate surface area is 126 Å². The molecular formula is C15H19F3N2O2. The lowest BCUT2D eigenvalue weighted by Gasteiger charge is -2.27. The van der Waals surface area contributed by atoms with Gasteiger partial charge in [-0.1, -0.05) is 18.9 Å². The quantitative estimate of drug-likeness (QED) is 0.894. The zero-order valence-corrected chi connectivity index (χ0v) is 12.0. The van der Waals surface area contributed by atoms with Crippen LogP contribution in [0.5, 0.6) is 5.75 Å². The molecule has 0 saturated heterocycles. The number of alkyl halides is 3. The largest absolute Gasteiger partial charge is 0.573 e. The molecule has 0 spiro atoms. The van der Waals surface area contributed by atoms with Gasteiger partial charge in [-0.25, -0.2) is 0 Å². The standard InChI is InChI=1S/C15H19F3N2O2/c16-15(17,18)22-12-6-3-5-11(9-12)20-14(21)8-10-4-1-2-7-13(10)19/h3,5-6,9-10,13H,1-2,4,7-8,19H2,(H,20,21). The number of nitrogens with one attached hydrogen (secondary N) is 1. The highest BCUT2D eigenvalue weighted by molar-refractivity contribution is 5.91. The van der Waals surface area contributed by atoms with Crippen LogP contribution < -0.4 is 15.8 Å². The van der Waals surface area contributed by atoms with Crippen molar-refractivity contribution in [3.05, 3.63) is 24.3 Å². The van der Waals surface area contributed by atoms with Crippen molar-refractivity contribution in [1.82, 2.24) is 0 Å². The predicted octanol–water partition coefficient (Wildman–Crippen LogP) is 3.43. The van der Waals surface area contributed by atoms with Gasteiger partial charge in [0, 0.05) is 24.2 Å². The van der Waals surface area contributed by atoms with E-state index in [-0.39, 0.29) is 35.7 Å². The van der Waals surface area contributed by atoms with Crippen molar-refractivity contribution in [3.63, 3.8) is 0 Å². The summed E-state index contributed by atoms with van der Waals surface area (Å²) < 4.78 is 40.3. The fourth-order valence-corrected chi connectivity index (χ4v) is 2.71. The Morgan fingerprint density at radius 2 is 2.05 bits per heavy atom. The maximum absolute atomic E-state index is 12.2. The summed E-state index contributed by atoms with van der Waals surface area (Å²) in [6.45, 7) is 0. The second-order valence-corrected chi connectivity index (χ2v) is 5.54. The Morgan fingerprint density at radius 1 is 1.32 bits per heavy atom. The summed E-state index contributed by atoms with van der Waals surface area (Å²) in [5.41, 5.74) is 6.26. The van der Waals surface area contributed by atoms with Gasteiger partial charge in [-0.2, -0.15) is 0 Å². The SMILES string of the molecule is NC1CCCCC1CC(=O)Nc1cccc(OC(F)(F)F)c1. The highest BCUT2D eigenvalue weighted by Crippen LogP contribution is 2.27. The van der Waals surface area contributed by atoms with Crippen molar-refractivity contribution >= 4 is 11.6 Å². The number of anilines is 1. The van der Waals surface area contributed by atoms with Crippen molar-refractivity contribution in [1.29, 1.82) is 0 Å². The smallest absolute Gasteiger partial charge is 0.406 e. The summed E-state index contributed by atoms with van der Waals surface area (Å²) >= 11 is 0. The highest BCUT2D eigenvalue weighted by atomic mass is 19.4. The molecule has 22 heavy (non-hydrogen) atoms. The topological polar surface area (TPSA) is 64.4 Å². The van der Waals surface area contributed by atoms with E-state index in [1.54, 1.807) is 0 Å². The number of rotatable bonds is 4. The minimum absolute atomic E-state index is 0.0133. The van der Waals surface area contributed by atoms with Gasteiger partial charge < -0.3 is 15.8 Å². The van der Waals surface area contributed by atoms with E-state index in [2.05, 4.69) is 10.1 Å². The fraction of sp³-hybridized carbons (Fsp3) is 0.533. The molecule has 0 radical (unpaired) electrons. The summed E-state index contributed by atoms with van der Waals surface area (Å²) in [5.74, 6) is -0.477. The summed E-state index contributed by atoms with van der Waals surface area (Å²) in [5, 5.41) is 2.59. The average molecular weight is 316 g/mol. The summed E-state index contributed by atoms with van der Waals surface area (Å²) in [7, 11) is 0. The molecule has 1 aromatic rings. The Morgan fingerprint density at radius 3 is 2.73 bits per heavy atom. The highest BCUT2D eigenvalue weighted by Gasteiger charge is 2.31. The van der Waals surface area contributed by atoms with Gasteiger partial charge in [-0.3, -0.25) is 4.79 Å². The van der Waals surface area contributed by atoms with Gasteiger partial charge in [0.1, 0.15) is 5.75 Å². The minimum Gasteiger partial charge on any atom is -0.406 e. The normalized spacial score (nSPS) is 22.2. The maximum Gasteiger partial charge on any atom is 0.573 e. The van der Waals surface area contributed by atoms with Crippen molar-refractivity contribution in [2.75, 3.05) is 5.32 Å². The maximum atomic E-state index is 12.2. The van der Waals surface area contributed by atoms with Crippen LogP contribution in [0.1, 0.15) is 32.1 Å². The van der Waals surface area contributed by atoms with Crippen molar-refractivity contribution in [2.24, 2.45) is 11.7 Å². The number of ether oxygens (including phenoxy) is 1. The van der Waals surface area contributed by atoms with E-state index in [1.807, 2.05) is 0 Å². The van der Waals surface area contributed by atoms with Gasteiger partial charge >= 0.3 is 6.36 Å². The van der Waals surface area contributed by atoms with Gasteiger partial charge in [0.15, 0.2) is 0 Å². The van der Waals surface area contributed by atoms with Gasteiger partial charge in [0.2, 0.25) is 5.91 Å². The van der Waals surface area contributed by atoms with Gasteiger partial charge in [0.25, 0.3) is 0 Å². The van der Waals surface area contributed by atoms with E-state index >= 15 is 0 Å². The van der Waals surface area contributed by atoms with Crippen molar-refractivity contribution < 1.29 is 22.7 Å². The lowest BCUT2D eigenvalue weighted by atomic mass is 9.83. The molecule has 1 amide bonds. The van der Waals surface area contributed by atoms with Crippen LogP contribution in [-0.4, -0.2) is 18.3 Å². The van der Waals surface area contributed by atoms with E-state index in [4.69, 9.17) is 5.73 Å². The van der Waals surface area contributed by atoms with Gasteiger partial charge in [-0.15, -0.1) is 13.2 Å². The van der Waals surface area contributed by atoms with Crippen LogP contribution in [-0.2, 0) is 4.79 Å². The lowest BCUT2D eigenvalue weighted by molar-refractivity contribution is -0.274. The Bertz CT molecular complexity index is 520. The molecule has 4 nitrogen and oxygen atoms in total. The number of carbonyl (C=O) groups is 1. The van der Waals surface area contributed by atoms with Crippen LogP contribution in [0.25, 0.3) is 0 Å².